The first-order valence-electron chi connectivity index (χ1n) is 10.5. The van der Waals surface area contributed by atoms with Crippen molar-refractivity contribution < 1.29 is 14.3 Å². The van der Waals surface area contributed by atoms with E-state index in [9.17, 15) is 9.59 Å². The van der Waals surface area contributed by atoms with Crippen LogP contribution in [-0.2, 0) is 22.6 Å². The molecule has 0 aliphatic rings. The molecule has 0 saturated carbocycles. The van der Waals surface area contributed by atoms with E-state index < -0.39 is 0 Å². The molecule has 0 radical (unpaired) electrons. The quantitative estimate of drug-likeness (QED) is 0.366. The maximum atomic E-state index is 13.2. The monoisotopic (exact) mass is 411 g/mol. The van der Waals surface area contributed by atoms with E-state index in [-0.39, 0.29) is 11.9 Å². The summed E-state index contributed by atoms with van der Waals surface area (Å²) in [4.78, 5) is 25.4. The number of aromatic nitrogens is 1. The lowest BCUT2D eigenvalue weighted by molar-refractivity contribution is -0.145. The smallest absolute Gasteiger partial charge is 0.306 e. The SMILES string of the molecule is Cc1c(CCCC(=O)OCc2ccccc2)c2ccccc2n1C(=O)c1ccccc1. The molecule has 156 valence electrons. The van der Waals surface area contributed by atoms with Crippen LogP contribution in [0.3, 0.4) is 0 Å². The molecule has 4 rings (SSSR count). The standard InChI is InChI=1S/C27H25NO3/c1-20-23(16-10-18-26(29)31-19-21-11-4-2-5-12-21)24-15-8-9-17-25(24)28(20)27(30)22-13-6-3-7-14-22/h2-9,11-15,17H,10,16,18-19H2,1H3. The molecule has 0 aliphatic carbocycles. The van der Waals surface area contributed by atoms with Gasteiger partial charge in [0.2, 0.25) is 0 Å². The number of carbonyl (C=O) groups excluding carboxylic acids is 2. The topological polar surface area (TPSA) is 48.3 Å². The second kappa shape index (κ2) is 9.43. The summed E-state index contributed by atoms with van der Waals surface area (Å²) < 4.78 is 7.17. The summed E-state index contributed by atoms with van der Waals surface area (Å²) in [6.45, 7) is 2.27. The Morgan fingerprint density at radius 1 is 0.839 bits per heavy atom. The third-order valence-electron chi connectivity index (χ3n) is 5.52. The maximum Gasteiger partial charge on any atom is 0.306 e. The maximum absolute atomic E-state index is 13.2. The lowest BCUT2D eigenvalue weighted by atomic mass is 10.0. The van der Waals surface area contributed by atoms with E-state index in [4.69, 9.17) is 4.74 Å². The summed E-state index contributed by atoms with van der Waals surface area (Å²) in [5.74, 6) is -0.242. The Bertz CT molecular complexity index is 1190. The van der Waals surface area contributed by atoms with Gasteiger partial charge in [0, 0.05) is 23.1 Å². The fraction of sp³-hybridized carbons (Fsp3) is 0.185. The number of carbonyl (C=O) groups is 2. The number of esters is 1. The predicted molar refractivity (Wildman–Crippen MR) is 122 cm³/mol. The largest absolute Gasteiger partial charge is 0.461 e. The molecule has 0 spiro atoms. The first kappa shape index (κ1) is 20.6. The van der Waals surface area contributed by atoms with Crippen molar-refractivity contribution >= 4 is 22.8 Å². The highest BCUT2D eigenvalue weighted by molar-refractivity contribution is 6.04. The van der Waals surface area contributed by atoms with Crippen LogP contribution in [-0.4, -0.2) is 16.4 Å². The summed E-state index contributed by atoms with van der Waals surface area (Å²) in [7, 11) is 0. The Balaban J connectivity index is 1.47. The van der Waals surface area contributed by atoms with Crippen LogP contribution in [0.15, 0.2) is 84.9 Å². The molecule has 0 N–H and O–H groups in total. The molecule has 0 atom stereocenters. The van der Waals surface area contributed by atoms with Gasteiger partial charge in [-0.1, -0.05) is 66.7 Å². The fourth-order valence-electron chi connectivity index (χ4n) is 3.94. The number of nitrogens with zero attached hydrogens (tertiary/aromatic N) is 1. The first-order valence-corrected chi connectivity index (χ1v) is 10.5. The van der Waals surface area contributed by atoms with Gasteiger partial charge in [0.15, 0.2) is 0 Å². The average Bonchev–Trinajstić information content (AvgIpc) is 3.10. The Hall–Kier alpha value is -3.66. The number of ether oxygens (including phenoxy) is 1. The number of benzene rings is 3. The van der Waals surface area contributed by atoms with Crippen LogP contribution in [0.2, 0.25) is 0 Å². The molecular weight excluding hydrogens is 386 g/mol. The van der Waals surface area contributed by atoms with Gasteiger partial charge in [-0.15, -0.1) is 0 Å². The van der Waals surface area contributed by atoms with Gasteiger partial charge in [-0.05, 0) is 49.1 Å². The Labute approximate surface area is 182 Å². The molecule has 0 fully saturated rings. The van der Waals surface area contributed by atoms with E-state index in [1.807, 2.05) is 91.9 Å². The number of hydrogen-bond donors (Lipinski definition) is 0. The van der Waals surface area contributed by atoms with Crippen molar-refractivity contribution in [3.8, 4) is 0 Å². The molecule has 4 nitrogen and oxygen atoms in total. The van der Waals surface area contributed by atoms with Gasteiger partial charge >= 0.3 is 5.97 Å². The summed E-state index contributed by atoms with van der Waals surface area (Å²) >= 11 is 0. The number of hydrogen-bond acceptors (Lipinski definition) is 3. The van der Waals surface area contributed by atoms with Gasteiger partial charge in [-0.2, -0.15) is 0 Å². The van der Waals surface area contributed by atoms with Crippen LogP contribution in [0.5, 0.6) is 0 Å². The molecule has 1 heterocycles. The van der Waals surface area contributed by atoms with Crippen molar-refractivity contribution in [3.05, 3.63) is 107 Å². The Kier molecular flexibility index (Phi) is 6.27. The van der Waals surface area contributed by atoms with E-state index in [0.717, 1.165) is 27.7 Å². The van der Waals surface area contributed by atoms with Crippen LogP contribution < -0.4 is 0 Å². The van der Waals surface area contributed by atoms with Crippen molar-refractivity contribution in [2.75, 3.05) is 0 Å². The first-order chi connectivity index (χ1) is 15.1. The molecule has 0 aliphatic heterocycles. The van der Waals surface area contributed by atoms with E-state index in [1.54, 1.807) is 4.57 Å². The van der Waals surface area contributed by atoms with Gasteiger partial charge < -0.3 is 4.74 Å². The summed E-state index contributed by atoms with van der Waals surface area (Å²) in [6.07, 6.45) is 1.72. The summed E-state index contributed by atoms with van der Waals surface area (Å²) in [5.41, 5.74) is 4.57. The third-order valence-corrected chi connectivity index (χ3v) is 5.52. The highest BCUT2D eigenvalue weighted by atomic mass is 16.5. The van der Waals surface area contributed by atoms with Crippen molar-refractivity contribution in [3.63, 3.8) is 0 Å². The second-order valence-corrected chi connectivity index (χ2v) is 7.59. The van der Waals surface area contributed by atoms with Gasteiger partial charge in [-0.25, -0.2) is 0 Å². The lowest BCUT2D eigenvalue weighted by Gasteiger charge is -2.08. The minimum absolute atomic E-state index is 0.0391. The zero-order valence-corrected chi connectivity index (χ0v) is 17.6. The van der Waals surface area contributed by atoms with Crippen LogP contribution in [0, 0.1) is 6.92 Å². The highest BCUT2D eigenvalue weighted by Gasteiger charge is 2.19. The predicted octanol–water partition coefficient (Wildman–Crippen LogP) is 5.70. The number of para-hydroxylation sites is 1. The number of rotatable bonds is 7. The molecule has 1 aromatic heterocycles. The molecular formula is C27H25NO3. The van der Waals surface area contributed by atoms with Crippen molar-refractivity contribution in [2.45, 2.75) is 32.8 Å². The van der Waals surface area contributed by atoms with Gasteiger partial charge in [-0.3, -0.25) is 14.2 Å². The molecule has 4 aromatic rings. The Morgan fingerprint density at radius 2 is 1.48 bits per heavy atom. The molecule has 0 amide bonds. The van der Waals surface area contributed by atoms with E-state index >= 15 is 0 Å². The minimum Gasteiger partial charge on any atom is -0.461 e. The molecule has 0 unspecified atom stereocenters. The molecule has 4 heteroatoms. The minimum atomic E-state index is -0.203. The Morgan fingerprint density at radius 3 is 2.23 bits per heavy atom. The molecule has 0 saturated heterocycles. The molecule has 0 bridgehead atoms. The van der Waals surface area contributed by atoms with Gasteiger partial charge in [0.05, 0.1) is 5.52 Å². The van der Waals surface area contributed by atoms with Crippen LogP contribution in [0.4, 0.5) is 0 Å². The zero-order chi connectivity index (χ0) is 21.6. The van der Waals surface area contributed by atoms with Crippen LogP contribution >= 0.6 is 0 Å². The van der Waals surface area contributed by atoms with Crippen molar-refractivity contribution in [2.24, 2.45) is 0 Å². The van der Waals surface area contributed by atoms with Crippen LogP contribution in [0.25, 0.3) is 10.9 Å². The fourth-order valence-corrected chi connectivity index (χ4v) is 3.94. The molecule has 3 aromatic carbocycles. The average molecular weight is 412 g/mol. The summed E-state index contributed by atoms with van der Waals surface area (Å²) in [5, 5.41) is 1.06. The lowest BCUT2D eigenvalue weighted by Crippen LogP contribution is -2.13. The normalized spacial score (nSPS) is 10.9. The van der Waals surface area contributed by atoms with Crippen molar-refractivity contribution in [1.29, 1.82) is 0 Å². The van der Waals surface area contributed by atoms with Crippen LogP contribution in [0.1, 0.15) is 40.0 Å². The number of aryl methyl sites for hydroxylation is 1. The van der Waals surface area contributed by atoms with E-state index in [0.29, 0.717) is 31.4 Å². The number of fused-ring (bicyclic) bond motifs is 1. The van der Waals surface area contributed by atoms with Gasteiger partial charge in [0.25, 0.3) is 5.91 Å². The molecule has 31 heavy (non-hydrogen) atoms. The summed E-state index contributed by atoms with van der Waals surface area (Å²) in [6, 6.07) is 26.9. The van der Waals surface area contributed by atoms with Gasteiger partial charge in [0.1, 0.15) is 6.61 Å². The van der Waals surface area contributed by atoms with E-state index in [2.05, 4.69) is 0 Å². The zero-order valence-electron chi connectivity index (χ0n) is 17.6. The highest BCUT2D eigenvalue weighted by Crippen LogP contribution is 2.28. The third kappa shape index (κ3) is 4.58. The second-order valence-electron chi connectivity index (χ2n) is 7.59. The van der Waals surface area contributed by atoms with Crippen molar-refractivity contribution in [1.82, 2.24) is 4.57 Å². The van der Waals surface area contributed by atoms with E-state index in [1.165, 1.54) is 0 Å².